The maximum Gasteiger partial charge on any atom is 0.338 e. The number of hydrazine groups is 1. The lowest BCUT2D eigenvalue weighted by Crippen LogP contribution is -2.26. The van der Waals surface area contributed by atoms with Crippen LogP contribution in [-0.2, 0) is 4.74 Å². The normalized spacial score (nSPS) is 29.2. The molecule has 2 fully saturated rings. The first kappa shape index (κ1) is 16.2. The van der Waals surface area contributed by atoms with Crippen molar-refractivity contribution in [3.8, 4) is 0 Å². The van der Waals surface area contributed by atoms with E-state index in [2.05, 4.69) is 4.98 Å². The minimum atomic E-state index is -1.15. The second kappa shape index (κ2) is 5.43. The van der Waals surface area contributed by atoms with Crippen molar-refractivity contribution in [3.63, 3.8) is 0 Å². The van der Waals surface area contributed by atoms with Crippen LogP contribution in [0.15, 0.2) is 24.4 Å². The quantitative estimate of drug-likeness (QED) is 0.450. The van der Waals surface area contributed by atoms with Crippen LogP contribution in [0, 0.1) is 5.41 Å². The standard InChI is InChI=1S/C15H17ClFN3O3/c1-9(23-8-14-6-15(14,17)7-14)4-5-20(18)11-3-2-10(13(21)22)12(16)19-11/h2-5,9H,6-8,18H2,1H3,(H,21,22)/b5-4-. The number of carboxylic acids is 1. The highest BCUT2D eigenvalue weighted by Gasteiger charge is 2.85. The monoisotopic (exact) mass is 341 g/mol. The Morgan fingerprint density at radius 2 is 2.30 bits per heavy atom. The summed E-state index contributed by atoms with van der Waals surface area (Å²) in [6, 6.07) is 2.79. The van der Waals surface area contributed by atoms with Gasteiger partial charge in [-0.15, -0.1) is 0 Å². The van der Waals surface area contributed by atoms with Gasteiger partial charge in [-0.25, -0.2) is 20.0 Å². The van der Waals surface area contributed by atoms with Crippen LogP contribution >= 0.6 is 11.6 Å². The molecule has 1 aromatic heterocycles. The van der Waals surface area contributed by atoms with Crippen LogP contribution in [0.1, 0.15) is 30.1 Å². The lowest BCUT2D eigenvalue weighted by Gasteiger charge is -2.15. The maximum absolute atomic E-state index is 13.5. The first-order chi connectivity index (χ1) is 10.8. The maximum atomic E-state index is 13.5. The SMILES string of the molecule is CC(/C=C\N(N)c1ccc(C(=O)O)c(Cl)n1)OCC12CC1(F)C2. The van der Waals surface area contributed by atoms with Crippen LogP contribution in [0.5, 0.6) is 0 Å². The second-order valence-electron chi connectivity index (χ2n) is 6.18. The third kappa shape index (κ3) is 3.04. The van der Waals surface area contributed by atoms with E-state index in [1.807, 2.05) is 6.92 Å². The summed E-state index contributed by atoms with van der Waals surface area (Å²) in [5.41, 5.74) is -1.27. The van der Waals surface area contributed by atoms with E-state index in [4.69, 9.17) is 27.3 Å². The Labute approximate surface area is 137 Å². The number of alkyl halides is 1. The Bertz CT molecular complexity index is 676. The molecule has 3 N–H and O–H groups in total. The molecule has 1 heterocycles. The first-order valence-corrected chi connectivity index (χ1v) is 7.57. The molecule has 3 rings (SSSR count). The van der Waals surface area contributed by atoms with E-state index in [-0.39, 0.29) is 22.2 Å². The zero-order valence-corrected chi connectivity index (χ0v) is 13.3. The van der Waals surface area contributed by atoms with Crippen LogP contribution in [0.2, 0.25) is 5.15 Å². The summed E-state index contributed by atoms with van der Waals surface area (Å²) in [6.45, 7) is 2.25. The zero-order chi connectivity index (χ0) is 16.8. The third-order valence-electron chi connectivity index (χ3n) is 4.41. The molecular formula is C15H17ClFN3O3. The van der Waals surface area contributed by atoms with Crippen molar-refractivity contribution in [1.82, 2.24) is 4.98 Å². The number of carboxylic acid groups (broad SMARTS) is 1. The Kier molecular flexibility index (Phi) is 3.82. The Morgan fingerprint density at radius 3 is 2.83 bits per heavy atom. The topological polar surface area (TPSA) is 88.7 Å². The summed E-state index contributed by atoms with van der Waals surface area (Å²) in [7, 11) is 0. The fourth-order valence-electron chi connectivity index (χ4n) is 2.53. The number of carbonyl (C=O) groups is 1. The molecule has 0 spiro atoms. The molecule has 0 bridgehead atoms. The van der Waals surface area contributed by atoms with Gasteiger partial charge in [-0.3, -0.25) is 5.01 Å². The molecule has 2 saturated carbocycles. The zero-order valence-electron chi connectivity index (χ0n) is 12.5. The van der Waals surface area contributed by atoms with Crippen molar-refractivity contribution in [2.24, 2.45) is 11.3 Å². The molecule has 0 aliphatic heterocycles. The van der Waals surface area contributed by atoms with Crippen molar-refractivity contribution in [1.29, 1.82) is 0 Å². The predicted molar refractivity (Wildman–Crippen MR) is 82.9 cm³/mol. The molecule has 2 aliphatic carbocycles. The van der Waals surface area contributed by atoms with Crippen molar-refractivity contribution in [2.75, 3.05) is 11.6 Å². The van der Waals surface area contributed by atoms with Gasteiger partial charge < -0.3 is 9.84 Å². The average Bonchev–Trinajstić information content (AvgIpc) is 3.26. The predicted octanol–water partition coefficient (Wildman–Crippen LogP) is 2.53. The minimum Gasteiger partial charge on any atom is -0.478 e. The van der Waals surface area contributed by atoms with E-state index in [9.17, 15) is 9.18 Å². The number of aromatic nitrogens is 1. The molecule has 8 heteroatoms. The van der Waals surface area contributed by atoms with Crippen LogP contribution in [0.3, 0.4) is 0 Å². The number of nitrogens with zero attached hydrogens (tertiary/aromatic N) is 2. The minimum absolute atomic E-state index is 0.0904. The molecule has 0 saturated heterocycles. The second-order valence-corrected chi connectivity index (χ2v) is 6.54. The molecule has 2 aliphatic rings. The Morgan fingerprint density at radius 1 is 1.65 bits per heavy atom. The highest BCUT2D eigenvalue weighted by Crippen LogP contribution is 2.81. The number of hydrogen-bond acceptors (Lipinski definition) is 5. The van der Waals surface area contributed by atoms with Gasteiger partial charge in [0, 0.05) is 11.6 Å². The molecule has 0 aromatic carbocycles. The van der Waals surface area contributed by atoms with Gasteiger partial charge in [-0.1, -0.05) is 11.6 Å². The first-order valence-electron chi connectivity index (χ1n) is 7.19. The lowest BCUT2D eigenvalue weighted by molar-refractivity contribution is 0.0696. The Balaban J connectivity index is 1.54. The molecule has 0 radical (unpaired) electrons. The Hall–Kier alpha value is -1.70. The highest BCUT2D eigenvalue weighted by atomic mass is 35.5. The van der Waals surface area contributed by atoms with Crippen molar-refractivity contribution in [3.05, 3.63) is 35.1 Å². The number of hydrogen-bond donors (Lipinski definition) is 2. The van der Waals surface area contributed by atoms with Gasteiger partial charge in [-0.05, 0) is 38.0 Å². The van der Waals surface area contributed by atoms with Gasteiger partial charge in [-0.2, -0.15) is 0 Å². The van der Waals surface area contributed by atoms with Crippen molar-refractivity contribution in [2.45, 2.75) is 31.5 Å². The fourth-order valence-corrected chi connectivity index (χ4v) is 2.76. The number of nitrogens with two attached hydrogens (primary N) is 1. The number of pyridine rings is 1. The molecule has 124 valence electrons. The molecule has 0 amide bonds. The summed E-state index contributed by atoms with van der Waals surface area (Å²) in [5, 5.41) is 9.97. The molecular weight excluding hydrogens is 325 g/mol. The van der Waals surface area contributed by atoms with Gasteiger partial charge in [0.2, 0.25) is 0 Å². The van der Waals surface area contributed by atoms with Gasteiger partial charge in [0.15, 0.2) is 0 Å². The van der Waals surface area contributed by atoms with E-state index >= 15 is 0 Å². The van der Waals surface area contributed by atoms with E-state index in [0.29, 0.717) is 25.3 Å². The summed E-state index contributed by atoms with van der Waals surface area (Å²) in [5.74, 6) is 4.97. The van der Waals surface area contributed by atoms with E-state index in [0.717, 1.165) is 0 Å². The summed E-state index contributed by atoms with van der Waals surface area (Å²) < 4.78 is 19.1. The summed E-state index contributed by atoms with van der Waals surface area (Å²) >= 11 is 5.80. The van der Waals surface area contributed by atoms with Crippen molar-refractivity contribution < 1.29 is 19.0 Å². The van der Waals surface area contributed by atoms with Gasteiger partial charge in [0.25, 0.3) is 0 Å². The molecule has 6 nitrogen and oxygen atoms in total. The number of rotatable bonds is 7. The third-order valence-corrected chi connectivity index (χ3v) is 4.69. The number of ether oxygens (including phenoxy) is 1. The fraction of sp³-hybridized carbons (Fsp3) is 0.467. The number of halogens is 2. The van der Waals surface area contributed by atoms with E-state index in [1.165, 1.54) is 17.1 Å². The number of fused-ring (bicyclic) bond motifs is 1. The van der Waals surface area contributed by atoms with Crippen LogP contribution < -0.4 is 10.9 Å². The van der Waals surface area contributed by atoms with E-state index < -0.39 is 11.6 Å². The van der Waals surface area contributed by atoms with Crippen LogP contribution in [0.25, 0.3) is 0 Å². The summed E-state index contributed by atoms with van der Waals surface area (Å²) in [6.07, 6.45) is 4.25. The lowest BCUT2D eigenvalue weighted by atomic mass is 10.2. The number of aromatic carboxylic acids is 1. The highest BCUT2D eigenvalue weighted by molar-refractivity contribution is 6.32. The van der Waals surface area contributed by atoms with Crippen molar-refractivity contribution >= 4 is 23.4 Å². The molecule has 23 heavy (non-hydrogen) atoms. The average molecular weight is 342 g/mol. The van der Waals surface area contributed by atoms with Crippen LogP contribution in [-0.4, -0.2) is 34.4 Å². The summed E-state index contributed by atoms with van der Waals surface area (Å²) in [4.78, 5) is 14.8. The number of anilines is 1. The van der Waals surface area contributed by atoms with E-state index in [1.54, 1.807) is 12.3 Å². The molecule has 1 unspecified atom stereocenters. The molecule has 1 atom stereocenters. The largest absolute Gasteiger partial charge is 0.478 e. The van der Waals surface area contributed by atoms with Gasteiger partial charge in [0.1, 0.15) is 16.6 Å². The van der Waals surface area contributed by atoms with Gasteiger partial charge >= 0.3 is 5.97 Å². The molecule has 1 aromatic rings. The van der Waals surface area contributed by atoms with Crippen LogP contribution in [0.4, 0.5) is 10.2 Å². The smallest absolute Gasteiger partial charge is 0.338 e. The van der Waals surface area contributed by atoms with Gasteiger partial charge in [0.05, 0.1) is 18.3 Å².